The summed E-state index contributed by atoms with van der Waals surface area (Å²) in [6.45, 7) is 9.58. The Morgan fingerprint density at radius 3 is 1.50 bits per heavy atom. The van der Waals surface area contributed by atoms with E-state index in [-0.39, 0.29) is 34.6 Å². The van der Waals surface area contributed by atoms with Crippen LogP contribution in [0.1, 0.15) is 66.2 Å². The first-order valence-corrected chi connectivity index (χ1v) is 11.3. The molecule has 0 aromatic rings. The van der Waals surface area contributed by atoms with E-state index < -0.39 is 11.2 Å². The fourth-order valence-electron chi connectivity index (χ4n) is 3.70. The molecule has 0 radical (unpaired) electrons. The molecule has 2 unspecified atom stereocenters. The average Bonchev–Trinajstić information content (AvgIpc) is 2.51. The van der Waals surface area contributed by atoms with Gasteiger partial charge in [-0.2, -0.15) is 0 Å². The monoisotopic (exact) mass is 386 g/mol. The third-order valence-corrected chi connectivity index (χ3v) is 7.61. The van der Waals surface area contributed by atoms with Gasteiger partial charge < -0.3 is 14.0 Å². The molecule has 6 heteroatoms. The number of carbonyl (C=O) groups excluding carboxylic acids is 2. The standard InChI is InChI=1S/C20H34O5S/c1-19(2,15-13-24-17(15)21)9-5-7-11-26(23)12-8-6-10-20(3,4)16-14-25-18(16)22/h15-16H,5-14H2,1-4H3. The van der Waals surface area contributed by atoms with Crippen molar-refractivity contribution in [1.29, 1.82) is 0 Å². The van der Waals surface area contributed by atoms with Crippen LogP contribution >= 0.6 is 0 Å². The molecule has 0 bridgehead atoms. The van der Waals surface area contributed by atoms with Gasteiger partial charge in [0.2, 0.25) is 0 Å². The minimum Gasteiger partial charge on any atom is -0.616 e. The molecule has 0 aromatic heterocycles. The Morgan fingerprint density at radius 1 is 0.846 bits per heavy atom. The van der Waals surface area contributed by atoms with Gasteiger partial charge in [0.25, 0.3) is 0 Å². The Hall–Kier alpha value is -0.750. The second-order valence-corrected chi connectivity index (χ2v) is 10.8. The van der Waals surface area contributed by atoms with Crippen LogP contribution in [0.25, 0.3) is 0 Å². The summed E-state index contributed by atoms with van der Waals surface area (Å²) in [5, 5.41) is 0. The molecule has 2 heterocycles. The highest BCUT2D eigenvalue weighted by molar-refractivity contribution is 7.91. The van der Waals surface area contributed by atoms with E-state index in [1.165, 1.54) is 0 Å². The molecule has 0 saturated carbocycles. The summed E-state index contributed by atoms with van der Waals surface area (Å²) in [5.74, 6) is 1.40. The summed E-state index contributed by atoms with van der Waals surface area (Å²) in [5.41, 5.74) is -0.0455. The first kappa shape index (κ1) is 21.5. The molecular formula is C20H34O5S. The minimum absolute atomic E-state index is 0.0227. The Labute approximate surface area is 160 Å². The lowest BCUT2D eigenvalue weighted by Gasteiger charge is -2.38. The lowest BCUT2D eigenvalue weighted by molar-refractivity contribution is -0.179. The summed E-state index contributed by atoms with van der Waals surface area (Å²) in [6.07, 6.45) is 5.82. The van der Waals surface area contributed by atoms with Crippen LogP contribution in [-0.4, -0.2) is 41.2 Å². The lowest BCUT2D eigenvalue weighted by Crippen LogP contribution is -2.44. The molecule has 2 fully saturated rings. The van der Waals surface area contributed by atoms with Crippen molar-refractivity contribution < 1.29 is 23.6 Å². The zero-order valence-corrected chi connectivity index (χ0v) is 17.5. The van der Waals surface area contributed by atoms with Crippen molar-refractivity contribution in [1.82, 2.24) is 0 Å². The molecule has 0 amide bonds. The Balaban J connectivity index is 1.52. The van der Waals surface area contributed by atoms with E-state index in [0.29, 0.717) is 13.2 Å². The average molecular weight is 387 g/mol. The van der Waals surface area contributed by atoms with Crippen LogP contribution in [0.2, 0.25) is 0 Å². The first-order valence-electron chi connectivity index (χ1n) is 9.82. The van der Waals surface area contributed by atoms with Crippen LogP contribution in [0.5, 0.6) is 0 Å². The van der Waals surface area contributed by atoms with Crippen molar-refractivity contribution in [2.24, 2.45) is 22.7 Å². The quantitative estimate of drug-likeness (QED) is 0.292. The molecule has 2 aliphatic heterocycles. The van der Waals surface area contributed by atoms with Gasteiger partial charge in [-0.15, -0.1) is 0 Å². The SMILES string of the molecule is CC(C)(CCCC[S+]([O-])CCCCC(C)(C)C1COC1=O)C1COC1=O. The van der Waals surface area contributed by atoms with Gasteiger partial charge in [0, 0.05) is 0 Å². The number of ether oxygens (including phenoxy) is 2. The van der Waals surface area contributed by atoms with Crippen molar-refractivity contribution in [3.05, 3.63) is 0 Å². The summed E-state index contributed by atoms with van der Waals surface area (Å²) in [6, 6.07) is 0. The van der Waals surface area contributed by atoms with Gasteiger partial charge in [-0.25, -0.2) is 0 Å². The molecule has 150 valence electrons. The molecular weight excluding hydrogens is 352 g/mol. The number of rotatable bonds is 12. The van der Waals surface area contributed by atoms with E-state index in [1.807, 2.05) is 0 Å². The van der Waals surface area contributed by atoms with Gasteiger partial charge >= 0.3 is 11.9 Å². The van der Waals surface area contributed by atoms with Crippen LogP contribution in [0.3, 0.4) is 0 Å². The van der Waals surface area contributed by atoms with Crippen LogP contribution < -0.4 is 0 Å². The molecule has 2 saturated heterocycles. The maximum absolute atomic E-state index is 12.2. The van der Waals surface area contributed by atoms with E-state index in [1.54, 1.807) is 0 Å². The molecule has 2 rings (SSSR count). The van der Waals surface area contributed by atoms with Crippen molar-refractivity contribution in [2.75, 3.05) is 24.7 Å². The minimum atomic E-state index is -0.771. The molecule has 0 aromatic carbocycles. The highest BCUT2D eigenvalue weighted by atomic mass is 32.2. The third-order valence-electron chi connectivity index (χ3n) is 6.13. The molecule has 0 aliphatic carbocycles. The normalized spacial score (nSPS) is 24.3. The van der Waals surface area contributed by atoms with Gasteiger partial charge in [-0.1, -0.05) is 38.9 Å². The molecule has 2 aliphatic rings. The lowest BCUT2D eigenvalue weighted by atomic mass is 9.74. The zero-order chi connectivity index (χ0) is 19.4. The van der Waals surface area contributed by atoms with Gasteiger partial charge in [-0.05, 0) is 49.4 Å². The predicted molar refractivity (Wildman–Crippen MR) is 102 cm³/mol. The Morgan fingerprint density at radius 2 is 1.23 bits per heavy atom. The third kappa shape index (κ3) is 5.62. The molecule has 0 spiro atoms. The highest BCUT2D eigenvalue weighted by Crippen LogP contribution is 2.39. The van der Waals surface area contributed by atoms with Crippen LogP contribution in [0.15, 0.2) is 0 Å². The summed E-state index contributed by atoms with van der Waals surface area (Å²) in [4.78, 5) is 22.8. The second-order valence-electron chi connectivity index (χ2n) is 9.10. The van der Waals surface area contributed by atoms with Gasteiger partial charge in [0.1, 0.15) is 24.7 Å². The van der Waals surface area contributed by atoms with Gasteiger partial charge in [0.15, 0.2) is 0 Å². The fraction of sp³-hybridized carbons (Fsp3) is 0.900. The van der Waals surface area contributed by atoms with E-state index in [9.17, 15) is 14.1 Å². The van der Waals surface area contributed by atoms with Crippen molar-refractivity contribution in [3.8, 4) is 0 Å². The summed E-state index contributed by atoms with van der Waals surface area (Å²) in [7, 11) is 0. The van der Waals surface area contributed by atoms with Crippen LogP contribution in [-0.2, 0) is 30.2 Å². The second kappa shape index (κ2) is 8.96. The summed E-state index contributed by atoms with van der Waals surface area (Å²) >= 11 is -0.771. The number of carbonyl (C=O) groups is 2. The number of cyclic esters (lactones) is 2. The van der Waals surface area contributed by atoms with Gasteiger partial charge in [-0.3, -0.25) is 9.59 Å². The Bertz CT molecular complexity index is 458. The van der Waals surface area contributed by atoms with Crippen molar-refractivity contribution in [3.63, 3.8) is 0 Å². The van der Waals surface area contributed by atoms with Gasteiger partial charge in [0.05, 0.1) is 11.8 Å². The van der Waals surface area contributed by atoms with Crippen molar-refractivity contribution >= 4 is 23.1 Å². The highest BCUT2D eigenvalue weighted by Gasteiger charge is 2.43. The predicted octanol–water partition coefficient (Wildman–Crippen LogP) is 3.47. The maximum atomic E-state index is 12.2. The van der Waals surface area contributed by atoms with E-state index in [2.05, 4.69) is 27.7 Å². The maximum Gasteiger partial charge on any atom is 0.312 e. The fourth-order valence-corrected chi connectivity index (χ4v) is 4.95. The Kier molecular flexibility index (Phi) is 7.43. The largest absolute Gasteiger partial charge is 0.616 e. The number of esters is 2. The molecule has 2 atom stereocenters. The zero-order valence-electron chi connectivity index (χ0n) is 16.7. The van der Waals surface area contributed by atoms with E-state index >= 15 is 0 Å². The molecule has 5 nitrogen and oxygen atoms in total. The molecule has 0 N–H and O–H groups in total. The number of hydrogen-bond acceptors (Lipinski definition) is 5. The van der Waals surface area contributed by atoms with E-state index in [4.69, 9.17) is 9.47 Å². The van der Waals surface area contributed by atoms with E-state index in [0.717, 1.165) is 50.0 Å². The smallest absolute Gasteiger partial charge is 0.312 e. The number of unbranched alkanes of at least 4 members (excludes halogenated alkanes) is 2. The molecule has 26 heavy (non-hydrogen) atoms. The van der Waals surface area contributed by atoms with Crippen LogP contribution in [0, 0.1) is 22.7 Å². The number of hydrogen-bond donors (Lipinski definition) is 0. The van der Waals surface area contributed by atoms with Crippen molar-refractivity contribution in [2.45, 2.75) is 66.2 Å². The summed E-state index contributed by atoms with van der Waals surface area (Å²) < 4.78 is 21.9. The first-order chi connectivity index (χ1) is 12.1. The topological polar surface area (TPSA) is 75.7 Å². The van der Waals surface area contributed by atoms with Crippen LogP contribution in [0.4, 0.5) is 0 Å².